The van der Waals surface area contributed by atoms with Crippen molar-refractivity contribution in [1.82, 2.24) is 9.97 Å². The van der Waals surface area contributed by atoms with E-state index >= 15 is 0 Å². The number of thiophene rings is 1. The minimum atomic E-state index is -1.23. The van der Waals surface area contributed by atoms with Crippen molar-refractivity contribution in [2.75, 3.05) is 0 Å². The molecule has 1 fully saturated rings. The summed E-state index contributed by atoms with van der Waals surface area (Å²) in [6.07, 6.45) is 9.43. The molecule has 3 aromatic heterocycles. The fourth-order valence-electron chi connectivity index (χ4n) is 7.76. The minimum Gasteiger partial charge on any atom is -0.305 e. The molecule has 0 aliphatic heterocycles. The van der Waals surface area contributed by atoms with Gasteiger partial charge in [0.05, 0.1) is 8.07 Å². The van der Waals surface area contributed by atoms with Crippen LogP contribution in [0, 0.1) is 31.9 Å². The Labute approximate surface area is 329 Å². The monoisotopic (exact) mass is 893 g/mol. The molecule has 8 rings (SSSR count). The second-order valence-corrected chi connectivity index (χ2v) is 21.9. The van der Waals surface area contributed by atoms with Gasteiger partial charge in [-0.2, -0.15) is 11.3 Å². The van der Waals surface area contributed by atoms with Crippen LogP contribution >= 0.6 is 11.3 Å². The smallest absolute Gasteiger partial charge is 0.0795 e. The summed E-state index contributed by atoms with van der Waals surface area (Å²) in [7, 11) is -1.23. The van der Waals surface area contributed by atoms with Crippen molar-refractivity contribution in [1.29, 1.82) is 0 Å². The normalized spacial score (nSPS) is 13.5. The van der Waals surface area contributed by atoms with E-state index in [4.69, 9.17) is 4.98 Å². The van der Waals surface area contributed by atoms with Gasteiger partial charge in [0.15, 0.2) is 0 Å². The first-order valence-electron chi connectivity index (χ1n) is 18.3. The Bertz CT molecular complexity index is 2280. The first kappa shape index (κ1) is 38.0. The number of fused-ring (bicyclic) bond motifs is 3. The molecule has 0 saturated heterocycles. The Balaban J connectivity index is 0.000000230. The zero-order chi connectivity index (χ0) is 35.8. The van der Waals surface area contributed by atoms with E-state index in [9.17, 15) is 0 Å². The molecule has 1 saturated carbocycles. The summed E-state index contributed by atoms with van der Waals surface area (Å²) in [5.41, 5.74) is 11.1. The van der Waals surface area contributed by atoms with Crippen LogP contribution in [0.25, 0.3) is 53.8 Å². The standard InChI is InChI=1S/C33H32NS.C14H16NSi.Ir/c1-21-9-7-10-22(2)31(21)23-15-16-26-27-13-8-14-28(32(27)35-30(26)19-23)29-20-25(17-18-34-29)33(3,4)24-11-5-6-12-24;1-16(2,3)13-9-10-14(15-11-13)12-7-5-4-6-8-12;/h7-10,13,15-20,24H,5-6,11-12H2,1-4H3;4-7,9-11H,1-3H3;/q2*-1;. The molecule has 4 aromatic carbocycles. The first-order valence-corrected chi connectivity index (χ1v) is 22.7. The zero-order valence-electron chi connectivity index (χ0n) is 31.4. The van der Waals surface area contributed by atoms with E-state index in [1.54, 1.807) is 0 Å². The minimum absolute atomic E-state index is 0. The summed E-state index contributed by atoms with van der Waals surface area (Å²) in [6, 6.07) is 41.3. The molecule has 1 aliphatic rings. The second-order valence-electron chi connectivity index (χ2n) is 15.8. The fourth-order valence-corrected chi connectivity index (χ4v) is 10.0. The number of nitrogens with zero attached hydrogens (tertiary/aromatic N) is 2. The summed E-state index contributed by atoms with van der Waals surface area (Å²) in [6.45, 7) is 16.2. The second kappa shape index (κ2) is 15.7. The number of rotatable bonds is 6. The maximum atomic E-state index is 4.83. The van der Waals surface area contributed by atoms with E-state index in [-0.39, 0.29) is 25.5 Å². The molecule has 267 valence electrons. The number of aromatic nitrogens is 2. The first-order chi connectivity index (χ1) is 24.5. The molecule has 1 radical (unpaired) electrons. The largest absolute Gasteiger partial charge is 0.305 e. The van der Waals surface area contributed by atoms with E-state index in [2.05, 4.69) is 137 Å². The van der Waals surface area contributed by atoms with Crippen LogP contribution in [0.5, 0.6) is 0 Å². The average Bonchev–Trinajstić information content (AvgIpc) is 3.81. The summed E-state index contributed by atoms with van der Waals surface area (Å²) < 4.78 is 2.60. The van der Waals surface area contributed by atoms with Gasteiger partial charge in [0.1, 0.15) is 0 Å². The number of aryl methyl sites for hydroxylation is 2. The van der Waals surface area contributed by atoms with Gasteiger partial charge < -0.3 is 9.97 Å². The van der Waals surface area contributed by atoms with Gasteiger partial charge in [-0.1, -0.05) is 100 Å². The molecule has 7 aromatic rings. The van der Waals surface area contributed by atoms with Crippen molar-refractivity contribution in [2.24, 2.45) is 5.92 Å². The van der Waals surface area contributed by atoms with Gasteiger partial charge in [-0.25, -0.2) is 0 Å². The van der Waals surface area contributed by atoms with E-state index in [1.807, 2.05) is 48.0 Å². The van der Waals surface area contributed by atoms with Crippen LogP contribution in [-0.2, 0) is 25.5 Å². The molecule has 5 heteroatoms. The third-order valence-electron chi connectivity index (χ3n) is 11.0. The van der Waals surface area contributed by atoms with Crippen molar-refractivity contribution >= 4 is 44.8 Å². The molecule has 0 unspecified atom stereocenters. The molecule has 0 atom stereocenters. The van der Waals surface area contributed by atoms with Crippen molar-refractivity contribution in [3.63, 3.8) is 0 Å². The van der Waals surface area contributed by atoms with Crippen LogP contribution in [0.4, 0.5) is 0 Å². The number of hydrogen-bond donors (Lipinski definition) is 0. The van der Waals surface area contributed by atoms with E-state index in [1.165, 1.54) is 78.9 Å². The predicted octanol–water partition coefficient (Wildman–Crippen LogP) is 12.8. The molecule has 0 bridgehead atoms. The van der Waals surface area contributed by atoms with E-state index in [0.29, 0.717) is 0 Å². The number of benzene rings is 4. The van der Waals surface area contributed by atoms with Gasteiger partial charge in [-0.15, -0.1) is 59.7 Å². The SMILES string of the molecule is C[Si](C)(C)c1ccc(-c2[c-]cccc2)nc1.Cc1cccc(C)c1-c1ccc2c(c1)sc1c(-c3cc(C(C)(C)C4CCCC4)ccn3)[c-]ccc12.[Ir]. The zero-order valence-corrected chi connectivity index (χ0v) is 35.6. The Morgan fingerprint density at radius 2 is 1.52 bits per heavy atom. The van der Waals surface area contributed by atoms with Crippen LogP contribution in [0.15, 0.2) is 109 Å². The summed E-state index contributed by atoms with van der Waals surface area (Å²) in [5.74, 6) is 0.755. The molecule has 1 aliphatic carbocycles. The Kier molecular flexibility index (Phi) is 11.5. The molecule has 0 N–H and O–H groups in total. The molecular weight excluding hydrogens is 845 g/mol. The van der Waals surface area contributed by atoms with Crippen LogP contribution in [0.3, 0.4) is 0 Å². The topological polar surface area (TPSA) is 25.8 Å². The van der Waals surface area contributed by atoms with E-state index < -0.39 is 8.07 Å². The van der Waals surface area contributed by atoms with Crippen molar-refractivity contribution in [3.05, 3.63) is 138 Å². The van der Waals surface area contributed by atoms with Crippen molar-refractivity contribution < 1.29 is 20.1 Å². The Hall–Kier alpha value is -3.73. The molecule has 0 spiro atoms. The molecule has 3 heterocycles. The third-order valence-corrected chi connectivity index (χ3v) is 14.2. The van der Waals surface area contributed by atoms with Crippen LogP contribution in [0.1, 0.15) is 56.2 Å². The van der Waals surface area contributed by atoms with Crippen molar-refractivity contribution in [3.8, 4) is 33.6 Å². The maximum Gasteiger partial charge on any atom is 0.0795 e. The van der Waals surface area contributed by atoms with Gasteiger partial charge in [-0.05, 0) is 105 Å². The van der Waals surface area contributed by atoms with Crippen LogP contribution in [0.2, 0.25) is 19.6 Å². The summed E-state index contributed by atoms with van der Waals surface area (Å²) in [4.78, 5) is 9.35. The molecule has 2 nitrogen and oxygen atoms in total. The van der Waals surface area contributed by atoms with Gasteiger partial charge >= 0.3 is 0 Å². The predicted molar refractivity (Wildman–Crippen MR) is 223 cm³/mol. The van der Waals surface area contributed by atoms with Crippen molar-refractivity contribution in [2.45, 2.75) is 78.4 Å². The number of pyridine rings is 2. The molecule has 0 amide bonds. The third kappa shape index (κ3) is 7.80. The maximum absolute atomic E-state index is 4.83. The molecular formula is C47H48IrN2SSi-2. The van der Waals surface area contributed by atoms with Crippen LogP contribution < -0.4 is 5.19 Å². The Morgan fingerprint density at radius 1 is 0.750 bits per heavy atom. The van der Waals surface area contributed by atoms with Gasteiger partial charge in [0.25, 0.3) is 0 Å². The van der Waals surface area contributed by atoms with Gasteiger partial charge in [-0.3, -0.25) is 0 Å². The quantitative estimate of drug-likeness (QED) is 0.123. The number of hydrogen-bond acceptors (Lipinski definition) is 3. The fraction of sp³-hybridized carbons (Fsp3) is 0.277. The van der Waals surface area contributed by atoms with Gasteiger partial charge in [0, 0.05) is 37.2 Å². The van der Waals surface area contributed by atoms with Crippen LogP contribution in [-0.4, -0.2) is 18.0 Å². The summed E-state index contributed by atoms with van der Waals surface area (Å²) >= 11 is 1.87. The Morgan fingerprint density at radius 3 is 2.19 bits per heavy atom. The van der Waals surface area contributed by atoms with E-state index in [0.717, 1.165) is 28.4 Å². The average molecular weight is 893 g/mol. The summed E-state index contributed by atoms with van der Waals surface area (Å²) in [5, 5.41) is 4.01. The molecule has 52 heavy (non-hydrogen) atoms. The van der Waals surface area contributed by atoms with Gasteiger partial charge in [0.2, 0.25) is 0 Å².